The van der Waals surface area contributed by atoms with Gasteiger partial charge in [0.15, 0.2) is 0 Å². The summed E-state index contributed by atoms with van der Waals surface area (Å²) >= 11 is 0. The zero-order valence-corrected chi connectivity index (χ0v) is 47.9. The molecule has 406 valence electrons. The van der Waals surface area contributed by atoms with Crippen LogP contribution in [0.3, 0.4) is 0 Å². The van der Waals surface area contributed by atoms with Crippen LogP contribution in [0.5, 0.6) is 0 Å². The molecule has 5 nitrogen and oxygen atoms in total. The molecule has 0 N–H and O–H groups in total. The largest absolute Gasteiger partial charge is 0.309 e. The second-order valence-electron chi connectivity index (χ2n) is 24.4. The average Bonchev–Trinajstić information content (AvgIpc) is 1.98. The van der Waals surface area contributed by atoms with Crippen molar-refractivity contribution in [2.24, 2.45) is 0 Å². The van der Waals surface area contributed by atoms with Gasteiger partial charge in [-0.05, 0) is 180 Å². The zero-order chi connectivity index (χ0) is 57.2. The Morgan fingerprint density at radius 2 is 1.00 bits per heavy atom. The number of rotatable bonds is 6. The van der Waals surface area contributed by atoms with Crippen molar-refractivity contribution >= 4 is 77.6 Å². The second-order valence-corrected chi connectivity index (χ2v) is 24.4. The molecule has 87 heavy (non-hydrogen) atoms. The summed E-state index contributed by atoms with van der Waals surface area (Å²) in [4.78, 5) is 15.0. The summed E-state index contributed by atoms with van der Waals surface area (Å²) < 4.78 is 2.44. The minimum Gasteiger partial charge on any atom is -0.309 e. The van der Waals surface area contributed by atoms with Gasteiger partial charge in [0.05, 0.1) is 28.1 Å². The minimum atomic E-state index is -0.297. The third-order valence-corrected chi connectivity index (χ3v) is 19.6. The predicted molar refractivity (Wildman–Crippen MR) is 360 cm³/mol. The van der Waals surface area contributed by atoms with Gasteiger partial charge in [-0.3, -0.25) is 9.88 Å². The number of hydrogen-bond donors (Lipinski definition) is 0. The Bertz CT molecular complexity index is 5440. The van der Waals surface area contributed by atoms with Crippen molar-refractivity contribution in [1.82, 2.24) is 14.5 Å². The van der Waals surface area contributed by atoms with Crippen LogP contribution in [0, 0.1) is 0 Å². The lowest BCUT2D eigenvalue weighted by molar-refractivity contribution is 0.660. The van der Waals surface area contributed by atoms with Crippen LogP contribution in [0.25, 0.3) is 116 Å². The fourth-order valence-electron chi connectivity index (χ4n) is 15.8. The Balaban J connectivity index is 0.710. The molecular weight excluding hydrogens is 1050 g/mol. The maximum absolute atomic E-state index is 5.31. The van der Waals surface area contributed by atoms with E-state index in [1.54, 1.807) is 0 Å². The molecule has 1 atom stereocenters. The average molecular weight is 1110 g/mol. The van der Waals surface area contributed by atoms with E-state index in [4.69, 9.17) is 9.97 Å². The van der Waals surface area contributed by atoms with E-state index in [-0.39, 0.29) is 11.3 Å². The molecule has 0 bridgehead atoms. The van der Waals surface area contributed by atoms with Crippen molar-refractivity contribution in [2.45, 2.75) is 25.2 Å². The fraction of sp³-hybridized carbons (Fsp3) is 0.0488. The van der Waals surface area contributed by atoms with E-state index in [0.29, 0.717) is 0 Å². The van der Waals surface area contributed by atoms with E-state index >= 15 is 0 Å². The number of fused-ring (bicyclic) bond motifs is 15. The second kappa shape index (κ2) is 17.9. The highest BCUT2D eigenvalue weighted by Crippen LogP contribution is 2.60. The van der Waals surface area contributed by atoms with Crippen LogP contribution in [0.4, 0.5) is 34.3 Å². The van der Waals surface area contributed by atoms with Crippen LogP contribution >= 0.6 is 0 Å². The number of anilines is 6. The van der Waals surface area contributed by atoms with Crippen LogP contribution in [0.1, 0.15) is 47.6 Å². The summed E-state index contributed by atoms with van der Waals surface area (Å²) in [6.07, 6.45) is 6.08. The molecule has 0 amide bonds. The molecule has 0 saturated heterocycles. The molecule has 0 radical (unpaired) electrons. The first kappa shape index (κ1) is 48.3. The van der Waals surface area contributed by atoms with Crippen molar-refractivity contribution < 1.29 is 0 Å². The monoisotopic (exact) mass is 1110 g/mol. The van der Waals surface area contributed by atoms with Gasteiger partial charge < -0.3 is 9.47 Å². The third kappa shape index (κ3) is 6.74. The lowest BCUT2D eigenvalue weighted by atomic mass is 9.80. The number of benzene rings is 12. The Hall–Kier alpha value is -11.1. The van der Waals surface area contributed by atoms with Crippen LogP contribution in [-0.4, -0.2) is 14.5 Å². The number of aromatic nitrogens is 3. The molecule has 2 aliphatic carbocycles. The van der Waals surface area contributed by atoms with Gasteiger partial charge in [-0.2, -0.15) is 0 Å². The highest BCUT2D eigenvalue weighted by atomic mass is 15.2. The first-order valence-electron chi connectivity index (χ1n) is 30.2. The number of nitrogens with zero attached hydrogens (tertiary/aromatic N) is 5. The van der Waals surface area contributed by atoms with Crippen molar-refractivity contribution in [1.29, 1.82) is 0 Å². The van der Waals surface area contributed by atoms with Crippen molar-refractivity contribution in [3.8, 4) is 72.4 Å². The number of para-hydroxylation sites is 4. The van der Waals surface area contributed by atoms with Crippen molar-refractivity contribution in [3.63, 3.8) is 0 Å². The highest BCUT2D eigenvalue weighted by molar-refractivity contribution is 6.26. The number of pyridine rings is 2. The standard InChI is InChI=1S/C82H53N5/c1-82(2)70-44-52(33-37-58(70)59-38-36-56(45-71(59)82)87-74-29-14-10-24-61(74)67-47-68-62-25-11-13-28-73(62)86(54-21-7-4-8-22-54)80(68)64-40-42-84-81(87)79(64)67)51-19-15-20-53(43-51)76-69-48-83-41-39-57(69)65-46-66-60-23-9-12-27-72(60)85(75-30-16-26-63(77(66)75)78(65)76)55-34-31-50(32-35-55)49-17-5-3-6-18-49/h3-48,76H,1-2H3. The van der Waals surface area contributed by atoms with E-state index in [2.05, 4.69) is 295 Å². The van der Waals surface area contributed by atoms with Gasteiger partial charge in [-0.15, -0.1) is 0 Å². The van der Waals surface area contributed by atoms with Crippen molar-refractivity contribution in [2.75, 3.05) is 9.80 Å². The third-order valence-electron chi connectivity index (χ3n) is 19.6. The van der Waals surface area contributed by atoms with Crippen LogP contribution in [-0.2, 0) is 5.41 Å². The summed E-state index contributed by atoms with van der Waals surface area (Å²) in [6.45, 7) is 4.81. The molecular formula is C82H53N5. The topological polar surface area (TPSA) is 37.2 Å². The Labute approximate surface area is 504 Å². The molecule has 0 saturated carbocycles. The van der Waals surface area contributed by atoms with Gasteiger partial charge in [0.2, 0.25) is 0 Å². The van der Waals surface area contributed by atoms with Gasteiger partial charge in [0, 0.05) is 85.0 Å². The maximum atomic E-state index is 5.31. The molecule has 1 unspecified atom stereocenters. The van der Waals surface area contributed by atoms with Gasteiger partial charge in [0.25, 0.3) is 0 Å². The SMILES string of the molecule is CC1(C)c2cc(-c3cccc(C4c5cnccc5-c5cc6c7c(cccc7c54)N(c4ccc(-c5ccccc5)cc4)c4ccccc4-6)c3)ccc2-c2ccc(N3c4ccccc4-c4cc5c6ccccc6n(-c6ccccc6)c5c5ccnc3c45)cc21. The van der Waals surface area contributed by atoms with E-state index in [9.17, 15) is 0 Å². The van der Waals surface area contributed by atoms with Crippen molar-refractivity contribution in [3.05, 3.63) is 307 Å². The van der Waals surface area contributed by atoms with E-state index in [1.165, 1.54) is 144 Å². The molecule has 0 spiro atoms. The molecule has 15 aromatic rings. The fourth-order valence-corrected chi connectivity index (χ4v) is 15.8. The van der Waals surface area contributed by atoms with Gasteiger partial charge in [-0.1, -0.05) is 184 Å². The molecule has 19 rings (SSSR count). The van der Waals surface area contributed by atoms with E-state index in [1.807, 2.05) is 12.4 Å². The molecule has 5 heteroatoms. The zero-order valence-electron chi connectivity index (χ0n) is 47.9. The summed E-state index contributed by atoms with van der Waals surface area (Å²) in [6, 6.07) is 97.0. The first-order valence-corrected chi connectivity index (χ1v) is 30.2. The van der Waals surface area contributed by atoms with E-state index < -0.39 is 0 Å². The lowest BCUT2D eigenvalue weighted by Crippen LogP contribution is -2.19. The quantitative estimate of drug-likeness (QED) is 0.166. The van der Waals surface area contributed by atoms with Crippen LogP contribution in [0.2, 0.25) is 0 Å². The maximum Gasteiger partial charge on any atom is 0.146 e. The molecule has 4 aliphatic rings. The molecule has 3 aromatic heterocycles. The first-order chi connectivity index (χ1) is 42.9. The minimum absolute atomic E-state index is 0.0236. The Morgan fingerprint density at radius 1 is 0.368 bits per heavy atom. The normalized spacial score (nSPS) is 14.5. The molecule has 5 heterocycles. The highest BCUT2D eigenvalue weighted by Gasteiger charge is 2.39. The summed E-state index contributed by atoms with van der Waals surface area (Å²) in [7, 11) is 0. The summed E-state index contributed by atoms with van der Waals surface area (Å²) in [5.41, 5.74) is 30.3. The van der Waals surface area contributed by atoms with Gasteiger partial charge in [-0.25, -0.2) is 4.98 Å². The Morgan fingerprint density at radius 3 is 1.83 bits per heavy atom. The van der Waals surface area contributed by atoms with E-state index in [0.717, 1.165) is 34.0 Å². The molecule has 2 aliphatic heterocycles. The smallest absolute Gasteiger partial charge is 0.146 e. The molecule has 12 aromatic carbocycles. The summed E-state index contributed by atoms with van der Waals surface area (Å²) in [5, 5.41) is 7.38. The van der Waals surface area contributed by atoms with Crippen LogP contribution in [0.15, 0.2) is 279 Å². The molecule has 0 fully saturated rings. The Kier molecular flexibility index (Phi) is 9.95. The van der Waals surface area contributed by atoms with Gasteiger partial charge >= 0.3 is 0 Å². The lowest BCUT2D eigenvalue weighted by Gasteiger charge is -2.34. The number of hydrogen-bond acceptors (Lipinski definition) is 4. The van der Waals surface area contributed by atoms with Crippen LogP contribution < -0.4 is 9.80 Å². The summed E-state index contributed by atoms with van der Waals surface area (Å²) in [5.74, 6) is 0.922. The predicted octanol–water partition coefficient (Wildman–Crippen LogP) is 21.6. The van der Waals surface area contributed by atoms with Gasteiger partial charge in [0.1, 0.15) is 5.82 Å².